The van der Waals surface area contributed by atoms with E-state index in [1.807, 2.05) is 6.07 Å². The summed E-state index contributed by atoms with van der Waals surface area (Å²) in [5.41, 5.74) is 2.65. The second kappa shape index (κ2) is 5.28. The van der Waals surface area contributed by atoms with Gasteiger partial charge in [-0.15, -0.1) is 0 Å². The van der Waals surface area contributed by atoms with Crippen molar-refractivity contribution in [3.63, 3.8) is 0 Å². The van der Waals surface area contributed by atoms with E-state index < -0.39 is 0 Å². The first-order valence-electron chi connectivity index (χ1n) is 5.42. The predicted molar refractivity (Wildman–Crippen MR) is 70.3 cm³/mol. The standard InChI is InChI=1S/C14H14BrN/c1-16-14(11-7-3-2-4-8-11)12-9-5-6-10-13(12)15/h2-10,14,16H,1H3/p+1/t14-/m0/s1. The van der Waals surface area contributed by atoms with Gasteiger partial charge in [0.1, 0.15) is 6.04 Å². The third-order valence-electron chi connectivity index (χ3n) is 2.73. The molecular weight excluding hydrogens is 262 g/mol. The fourth-order valence-corrected chi connectivity index (χ4v) is 2.47. The monoisotopic (exact) mass is 276 g/mol. The van der Waals surface area contributed by atoms with Crippen LogP contribution in [0, 0.1) is 0 Å². The van der Waals surface area contributed by atoms with E-state index in [0.29, 0.717) is 6.04 Å². The van der Waals surface area contributed by atoms with Crippen molar-refractivity contribution in [2.75, 3.05) is 7.05 Å². The number of rotatable bonds is 3. The lowest BCUT2D eigenvalue weighted by molar-refractivity contribution is -0.660. The zero-order valence-corrected chi connectivity index (χ0v) is 10.8. The largest absolute Gasteiger partial charge is 0.339 e. The van der Waals surface area contributed by atoms with Crippen LogP contribution in [0.25, 0.3) is 0 Å². The van der Waals surface area contributed by atoms with E-state index in [0.717, 1.165) is 0 Å². The minimum Gasteiger partial charge on any atom is -0.339 e. The normalized spacial score (nSPS) is 12.4. The average molecular weight is 277 g/mol. The summed E-state index contributed by atoms with van der Waals surface area (Å²) in [6.07, 6.45) is 0. The third-order valence-corrected chi connectivity index (χ3v) is 3.45. The van der Waals surface area contributed by atoms with Crippen LogP contribution in [0.3, 0.4) is 0 Å². The van der Waals surface area contributed by atoms with Gasteiger partial charge in [0.05, 0.1) is 7.05 Å². The molecule has 0 aromatic heterocycles. The Kier molecular flexibility index (Phi) is 3.75. The molecule has 0 radical (unpaired) electrons. The Bertz CT molecular complexity index is 453. The molecular formula is C14H15BrN+. The molecule has 82 valence electrons. The molecule has 0 heterocycles. The molecule has 0 saturated carbocycles. The predicted octanol–water partition coefficient (Wildman–Crippen LogP) is 2.73. The van der Waals surface area contributed by atoms with Crippen molar-refractivity contribution < 1.29 is 5.32 Å². The van der Waals surface area contributed by atoms with Crippen molar-refractivity contribution in [3.05, 3.63) is 70.2 Å². The van der Waals surface area contributed by atoms with Crippen molar-refractivity contribution in [2.24, 2.45) is 0 Å². The molecule has 1 atom stereocenters. The summed E-state index contributed by atoms with van der Waals surface area (Å²) in [5, 5.41) is 2.23. The highest BCUT2D eigenvalue weighted by Gasteiger charge is 2.17. The molecule has 0 unspecified atom stereocenters. The summed E-state index contributed by atoms with van der Waals surface area (Å²) < 4.78 is 1.17. The van der Waals surface area contributed by atoms with Crippen molar-refractivity contribution in [2.45, 2.75) is 6.04 Å². The number of halogens is 1. The molecule has 0 aliphatic carbocycles. The van der Waals surface area contributed by atoms with Gasteiger partial charge in [0.25, 0.3) is 0 Å². The van der Waals surface area contributed by atoms with Crippen LogP contribution in [0.15, 0.2) is 59.1 Å². The average Bonchev–Trinajstić information content (AvgIpc) is 2.34. The Morgan fingerprint density at radius 3 is 2.19 bits per heavy atom. The van der Waals surface area contributed by atoms with Crippen molar-refractivity contribution in [1.82, 2.24) is 0 Å². The zero-order valence-electron chi connectivity index (χ0n) is 9.23. The van der Waals surface area contributed by atoms with Gasteiger partial charge in [0, 0.05) is 15.6 Å². The Morgan fingerprint density at radius 2 is 1.56 bits per heavy atom. The Morgan fingerprint density at radius 1 is 0.938 bits per heavy atom. The Balaban J connectivity index is 2.41. The zero-order chi connectivity index (χ0) is 11.4. The second-order valence-corrected chi connectivity index (χ2v) is 4.60. The molecule has 0 spiro atoms. The van der Waals surface area contributed by atoms with E-state index >= 15 is 0 Å². The minimum absolute atomic E-state index is 0.358. The number of quaternary nitrogens is 1. The van der Waals surface area contributed by atoms with Crippen molar-refractivity contribution in [1.29, 1.82) is 0 Å². The van der Waals surface area contributed by atoms with Gasteiger partial charge in [-0.1, -0.05) is 64.5 Å². The molecule has 0 saturated heterocycles. The van der Waals surface area contributed by atoms with Crippen LogP contribution >= 0.6 is 15.9 Å². The van der Waals surface area contributed by atoms with Crippen molar-refractivity contribution in [3.8, 4) is 0 Å². The molecule has 0 aliphatic heterocycles. The topological polar surface area (TPSA) is 16.6 Å². The van der Waals surface area contributed by atoms with Crippen LogP contribution in [0.1, 0.15) is 17.2 Å². The summed E-state index contributed by atoms with van der Waals surface area (Å²) >= 11 is 3.61. The third kappa shape index (κ3) is 2.34. The molecule has 2 aromatic carbocycles. The van der Waals surface area contributed by atoms with E-state index in [2.05, 4.69) is 76.8 Å². The quantitative estimate of drug-likeness (QED) is 0.888. The summed E-state index contributed by atoms with van der Waals surface area (Å²) in [6.45, 7) is 0. The lowest BCUT2D eigenvalue weighted by Crippen LogP contribution is -2.81. The highest BCUT2D eigenvalue weighted by molar-refractivity contribution is 9.10. The van der Waals surface area contributed by atoms with Gasteiger partial charge >= 0.3 is 0 Å². The summed E-state index contributed by atoms with van der Waals surface area (Å²) in [7, 11) is 2.11. The molecule has 0 fully saturated rings. The van der Waals surface area contributed by atoms with E-state index in [1.165, 1.54) is 15.6 Å². The molecule has 0 aliphatic rings. The van der Waals surface area contributed by atoms with Gasteiger partial charge in [0.15, 0.2) is 0 Å². The van der Waals surface area contributed by atoms with Crippen LogP contribution in [0.5, 0.6) is 0 Å². The van der Waals surface area contributed by atoms with E-state index in [9.17, 15) is 0 Å². The maximum Gasteiger partial charge on any atom is 0.138 e. The first-order valence-corrected chi connectivity index (χ1v) is 6.21. The fraction of sp³-hybridized carbons (Fsp3) is 0.143. The van der Waals surface area contributed by atoms with Gasteiger partial charge in [0.2, 0.25) is 0 Å². The number of hydrogen-bond acceptors (Lipinski definition) is 0. The fourth-order valence-electron chi connectivity index (χ4n) is 1.94. The molecule has 2 rings (SSSR count). The molecule has 16 heavy (non-hydrogen) atoms. The molecule has 2 N–H and O–H groups in total. The molecule has 0 amide bonds. The van der Waals surface area contributed by atoms with Gasteiger partial charge < -0.3 is 5.32 Å². The second-order valence-electron chi connectivity index (χ2n) is 3.74. The number of hydrogen-bond donors (Lipinski definition) is 1. The highest BCUT2D eigenvalue weighted by Crippen LogP contribution is 2.25. The first kappa shape index (κ1) is 11.4. The summed E-state index contributed by atoms with van der Waals surface area (Å²) in [6, 6.07) is 19.3. The van der Waals surface area contributed by atoms with Crippen LogP contribution in [-0.2, 0) is 0 Å². The van der Waals surface area contributed by atoms with Crippen LogP contribution in [0.4, 0.5) is 0 Å². The minimum atomic E-state index is 0.358. The van der Waals surface area contributed by atoms with E-state index in [4.69, 9.17) is 0 Å². The number of nitrogens with two attached hydrogens (primary N) is 1. The van der Waals surface area contributed by atoms with E-state index in [-0.39, 0.29) is 0 Å². The Hall–Kier alpha value is -1.12. The van der Waals surface area contributed by atoms with Gasteiger partial charge in [-0.25, -0.2) is 0 Å². The highest BCUT2D eigenvalue weighted by atomic mass is 79.9. The lowest BCUT2D eigenvalue weighted by atomic mass is 9.99. The SMILES string of the molecule is C[NH2+][C@@H](c1ccccc1)c1ccccc1Br. The summed E-state index contributed by atoms with van der Waals surface area (Å²) in [4.78, 5) is 0. The van der Waals surface area contributed by atoms with Gasteiger partial charge in [-0.05, 0) is 6.07 Å². The smallest absolute Gasteiger partial charge is 0.138 e. The lowest BCUT2D eigenvalue weighted by Gasteiger charge is -2.15. The molecule has 2 heteroatoms. The maximum atomic E-state index is 3.61. The van der Waals surface area contributed by atoms with Gasteiger partial charge in [-0.3, -0.25) is 0 Å². The molecule has 2 aromatic rings. The first-order chi connectivity index (χ1) is 7.83. The molecule has 1 nitrogen and oxygen atoms in total. The van der Waals surface area contributed by atoms with Crippen LogP contribution in [-0.4, -0.2) is 7.05 Å². The summed E-state index contributed by atoms with van der Waals surface area (Å²) in [5.74, 6) is 0. The van der Waals surface area contributed by atoms with E-state index in [1.54, 1.807) is 0 Å². The van der Waals surface area contributed by atoms with Crippen LogP contribution in [0.2, 0.25) is 0 Å². The number of benzene rings is 2. The van der Waals surface area contributed by atoms with Gasteiger partial charge in [-0.2, -0.15) is 0 Å². The van der Waals surface area contributed by atoms with Crippen LogP contribution < -0.4 is 5.32 Å². The van der Waals surface area contributed by atoms with Crippen molar-refractivity contribution >= 4 is 15.9 Å². The molecule has 0 bridgehead atoms. The Labute approximate surface area is 105 Å². The maximum absolute atomic E-state index is 3.61.